The second-order valence-electron chi connectivity index (χ2n) is 19.6. The fraction of sp³-hybridized carbons (Fsp3) is 0.680. The molecule has 1 aliphatic rings. The van der Waals surface area contributed by atoms with Crippen LogP contribution in [0.4, 0.5) is 0 Å². The summed E-state index contributed by atoms with van der Waals surface area (Å²) in [7, 11) is 5.91. The first kappa shape index (κ1) is 55.7. The number of cyclic esters (lactones) is 1. The Morgan fingerprint density at radius 2 is 1.22 bits per heavy atom. The number of likely N-dealkylation sites (N-methyl/N-ethyl adjacent to an activating group) is 3. The molecule has 1 fully saturated rings. The fourth-order valence-corrected chi connectivity index (χ4v) is 8.59. The van der Waals surface area contributed by atoms with Gasteiger partial charge in [-0.25, -0.2) is 4.79 Å². The number of para-hydroxylation sites is 1. The maximum absolute atomic E-state index is 15.0. The zero-order valence-corrected chi connectivity index (χ0v) is 42.2. The topological polar surface area (TPSA) is 212 Å². The third-order valence-electron chi connectivity index (χ3n) is 12.6. The second kappa shape index (κ2) is 26.0. The smallest absolute Gasteiger partial charge is 0.329 e. The van der Waals surface area contributed by atoms with Crippen molar-refractivity contribution in [3.05, 3.63) is 36.0 Å². The van der Waals surface area contributed by atoms with Crippen LogP contribution in [0.5, 0.6) is 0 Å². The number of nitrogens with one attached hydrogen (secondary N) is 3. The van der Waals surface area contributed by atoms with Gasteiger partial charge in [0.25, 0.3) is 5.91 Å². The minimum atomic E-state index is -1.50. The lowest BCUT2D eigenvalue weighted by molar-refractivity contribution is -0.163. The molecule has 2 heterocycles. The third-order valence-corrected chi connectivity index (χ3v) is 12.6. The highest BCUT2D eigenvalue weighted by Crippen LogP contribution is 2.25. The number of carbonyl (C=O) groups is 7. The van der Waals surface area contributed by atoms with Gasteiger partial charge in [0.2, 0.25) is 29.5 Å². The molecule has 0 spiro atoms. The van der Waals surface area contributed by atoms with Gasteiger partial charge in [-0.05, 0) is 67.9 Å². The molecular weight excluding hydrogens is 857 g/mol. The highest BCUT2D eigenvalue weighted by atomic mass is 16.6. The Labute approximate surface area is 397 Å². The van der Waals surface area contributed by atoms with E-state index in [0.29, 0.717) is 5.56 Å². The average Bonchev–Trinajstić information content (AvgIpc) is 3.64. The number of fused-ring (bicyclic) bond motifs is 1. The number of carbonyl (C=O) groups excluding carboxylic acids is 7. The molecule has 1 aromatic heterocycles. The number of hydrogen-bond acceptors (Lipinski definition) is 10. The van der Waals surface area contributed by atoms with Crippen LogP contribution < -0.4 is 20.8 Å². The first-order valence-corrected chi connectivity index (χ1v) is 24.0. The minimum Gasteiger partial charge on any atom is -0.451 e. The van der Waals surface area contributed by atoms with Gasteiger partial charge in [-0.1, -0.05) is 92.9 Å². The summed E-state index contributed by atoms with van der Waals surface area (Å²) in [5, 5.41) is 19.0. The first-order chi connectivity index (χ1) is 31.6. The summed E-state index contributed by atoms with van der Waals surface area (Å²) in [5.41, 5.74) is 1.41. The molecule has 1 saturated heterocycles. The lowest BCUT2D eigenvalue weighted by Gasteiger charge is -2.35. The van der Waals surface area contributed by atoms with Crippen molar-refractivity contribution in [3.63, 3.8) is 0 Å². The molecule has 0 radical (unpaired) electrons. The SMILES string of the molecule is CCCC[C@@H](C)C[C@@H]1NC(=O)[C@@H](CCC#N)OC(=O)[C@H](C)N(C)C(=O)[C@H](CC(C)C)NC(=O)[C@H](Cc2cn(OC)c3ccccc23)N(C)C(=O)[C@H](CC(C)C)NC(=O)[C@H](CC(C)C)N(C)C1=O. The Morgan fingerprint density at radius 3 is 1.76 bits per heavy atom. The number of esters is 1. The van der Waals surface area contributed by atoms with Gasteiger partial charge in [0, 0.05) is 52.0 Å². The van der Waals surface area contributed by atoms with Gasteiger partial charge in [-0.2, -0.15) is 9.99 Å². The fourth-order valence-electron chi connectivity index (χ4n) is 8.59. The van der Waals surface area contributed by atoms with E-state index in [1.165, 1.54) is 45.0 Å². The van der Waals surface area contributed by atoms with Gasteiger partial charge in [0.1, 0.15) is 43.4 Å². The van der Waals surface area contributed by atoms with Crippen molar-refractivity contribution >= 4 is 52.3 Å². The maximum atomic E-state index is 15.0. The molecule has 0 bridgehead atoms. The van der Waals surface area contributed by atoms with Crippen LogP contribution in [0.25, 0.3) is 10.9 Å². The van der Waals surface area contributed by atoms with E-state index >= 15 is 0 Å². The number of hydrogen-bond donors (Lipinski definition) is 3. The number of benzene rings is 1. The second-order valence-corrected chi connectivity index (χ2v) is 19.6. The normalized spacial score (nSPS) is 24.1. The zero-order chi connectivity index (χ0) is 50.3. The summed E-state index contributed by atoms with van der Waals surface area (Å²) >= 11 is 0. The third kappa shape index (κ3) is 15.4. The summed E-state index contributed by atoms with van der Waals surface area (Å²) < 4.78 is 7.34. The lowest BCUT2D eigenvalue weighted by Crippen LogP contribution is -2.60. The average molecular weight is 935 g/mol. The zero-order valence-electron chi connectivity index (χ0n) is 42.2. The Morgan fingerprint density at radius 1 is 0.716 bits per heavy atom. The van der Waals surface area contributed by atoms with Crippen molar-refractivity contribution in [1.29, 1.82) is 5.26 Å². The van der Waals surface area contributed by atoms with Crippen molar-refractivity contribution in [2.45, 2.75) is 169 Å². The van der Waals surface area contributed by atoms with Crippen LogP contribution >= 0.6 is 0 Å². The minimum absolute atomic E-state index is 0.00908. The number of aromatic nitrogens is 1. The van der Waals surface area contributed by atoms with Crippen molar-refractivity contribution in [2.75, 3.05) is 28.3 Å². The number of nitrogens with zero attached hydrogens (tertiary/aromatic N) is 5. The van der Waals surface area contributed by atoms with Crippen LogP contribution in [-0.2, 0) is 44.7 Å². The molecule has 3 rings (SSSR count). The molecule has 0 aliphatic carbocycles. The Balaban J connectivity index is 2.30. The molecular formula is C50H78N8O9. The molecule has 0 unspecified atom stereocenters. The predicted molar refractivity (Wildman–Crippen MR) is 256 cm³/mol. The molecule has 17 heteroatoms. The van der Waals surface area contributed by atoms with Gasteiger partial charge in [-0.3, -0.25) is 28.8 Å². The Bertz CT molecular complexity index is 2060. The molecule has 372 valence electrons. The molecule has 67 heavy (non-hydrogen) atoms. The summed E-state index contributed by atoms with van der Waals surface area (Å²) in [6, 6.07) is 2.45. The summed E-state index contributed by atoms with van der Waals surface area (Å²) in [5.74, 6) is -5.03. The van der Waals surface area contributed by atoms with Gasteiger partial charge in [0.15, 0.2) is 6.10 Å². The van der Waals surface area contributed by atoms with Crippen LogP contribution in [0, 0.1) is 35.0 Å². The van der Waals surface area contributed by atoms with E-state index in [1.54, 1.807) is 10.9 Å². The molecule has 3 N–H and O–H groups in total. The largest absolute Gasteiger partial charge is 0.451 e. The van der Waals surface area contributed by atoms with Gasteiger partial charge in [-0.15, -0.1) is 0 Å². The lowest BCUT2D eigenvalue weighted by atomic mass is 9.94. The molecule has 2 aromatic rings. The van der Waals surface area contributed by atoms with Crippen molar-refractivity contribution in [2.24, 2.45) is 23.7 Å². The van der Waals surface area contributed by atoms with Crippen LogP contribution in [0.1, 0.15) is 126 Å². The quantitative estimate of drug-likeness (QED) is 0.196. The van der Waals surface area contributed by atoms with Gasteiger partial charge in [0.05, 0.1) is 11.6 Å². The monoisotopic (exact) mass is 935 g/mol. The number of unbranched alkanes of at least 4 members (excludes halogenated alkanes) is 1. The van der Waals surface area contributed by atoms with E-state index < -0.39 is 83.8 Å². The standard InChI is InChI=1S/C50H78N8O9/c1-14-15-19-33(8)27-39-49(64)56(11)41(26-32(6)7)44(59)53-38(25-31(4)5)48(63)57(12)42(28-35-29-58(66-13)40-21-17-16-20-36(35)40)45(60)52-37(24-30(2)3)47(62)55(10)34(9)50(65)67-43(22-18-23-51)46(61)54-39/h16-17,20-21,29-34,37-39,41-43H,14-15,18-19,22,24-28H2,1-13H3,(H,52,60)(H,53,59)(H,54,61)/t33-,34+,37+,38+,39+,41+,42+,43-/m1/s1. The maximum Gasteiger partial charge on any atom is 0.329 e. The predicted octanol–water partition coefficient (Wildman–Crippen LogP) is 4.78. The highest BCUT2D eigenvalue weighted by Gasteiger charge is 2.41. The summed E-state index contributed by atoms with van der Waals surface area (Å²) in [6.07, 6.45) is 3.24. The molecule has 1 aromatic carbocycles. The molecule has 6 amide bonds. The van der Waals surface area contributed by atoms with E-state index in [9.17, 15) is 38.8 Å². The van der Waals surface area contributed by atoms with E-state index in [2.05, 4.69) is 22.9 Å². The van der Waals surface area contributed by atoms with Crippen molar-refractivity contribution in [1.82, 2.24) is 35.4 Å². The summed E-state index contributed by atoms with van der Waals surface area (Å²) in [4.78, 5) is 111. The Kier molecular flexibility index (Phi) is 21.6. The van der Waals surface area contributed by atoms with E-state index in [0.717, 1.165) is 35.1 Å². The molecule has 0 saturated carbocycles. The van der Waals surface area contributed by atoms with Crippen molar-refractivity contribution in [3.8, 4) is 6.07 Å². The van der Waals surface area contributed by atoms with E-state index in [4.69, 9.17) is 9.57 Å². The van der Waals surface area contributed by atoms with Crippen LogP contribution in [-0.4, -0.2) is 131 Å². The first-order valence-electron chi connectivity index (χ1n) is 24.0. The molecule has 1 aliphatic heterocycles. The number of nitriles is 1. The van der Waals surface area contributed by atoms with Crippen molar-refractivity contribution < 1.29 is 43.1 Å². The van der Waals surface area contributed by atoms with Gasteiger partial charge < -0.3 is 40.2 Å². The van der Waals surface area contributed by atoms with E-state index in [-0.39, 0.29) is 68.6 Å². The molecule has 8 atom stereocenters. The summed E-state index contributed by atoms with van der Waals surface area (Å²) in [6.45, 7) is 16.9. The molecule has 17 nitrogen and oxygen atoms in total. The van der Waals surface area contributed by atoms with Gasteiger partial charge >= 0.3 is 5.97 Å². The van der Waals surface area contributed by atoms with E-state index in [1.807, 2.05) is 78.8 Å². The Hall–Kier alpha value is -5.66. The van der Waals surface area contributed by atoms with Crippen LogP contribution in [0.2, 0.25) is 0 Å². The van der Waals surface area contributed by atoms with Crippen LogP contribution in [0.3, 0.4) is 0 Å². The van der Waals surface area contributed by atoms with Crippen LogP contribution in [0.15, 0.2) is 30.5 Å². The number of rotatable bonds is 16. The number of amides is 6. The number of ether oxygens (including phenoxy) is 1. The highest BCUT2D eigenvalue weighted by molar-refractivity contribution is 5.98.